The predicted octanol–water partition coefficient (Wildman–Crippen LogP) is 1.89. The molecule has 2 amide bonds. The van der Waals surface area contributed by atoms with E-state index in [2.05, 4.69) is 10.6 Å². The van der Waals surface area contributed by atoms with Gasteiger partial charge in [0.05, 0.1) is 12.5 Å². The van der Waals surface area contributed by atoms with E-state index in [4.69, 9.17) is 4.42 Å². The lowest BCUT2D eigenvalue weighted by Crippen LogP contribution is -2.42. The topological polar surface area (TPSA) is 109 Å². The van der Waals surface area contributed by atoms with Crippen LogP contribution in [0.15, 0.2) is 47.1 Å². The summed E-state index contributed by atoms with van der Waals surface area (Å²) in [6.07, 6.45) is 3.63. The van der Waals surface area contributed by atoms with E-state index in [1.54, 1.807) is 36.4 Å². The summed E-state index contributed by atoms with van der Waals surface area (Å²) < 4.78 is 29.8. The maximum absolute atomic E-state index is 12.5. The maximum Gasteiger partial charge on any atom is 0.291 e. The number of amides is 2. The summed E-state index contributed by atoms with van der Waals surface area (Å²) in [5, 5.41) is 5.38. The molecule has 2 N–H and O–H groups in total. The molecule has 1 aromatic carbocycles. The molecule has 0 radical (unpaired) electrons. The second-order valence-corrected chi connectivity index (χ2v) is 7.97. The van der Waals surface area contributed by atoms with Crippen LogP contribution < -0.4 is 10.6 Å². The van der Waals surface area contributed by atoms with Gasteiger partial charge in [0.1, 0.15) is 6.04 Å². The third-order valence-corrected chi connectivity index (χ3v) is 5.35. The molecule has 9 heteroatoms. The van der Waals surface area contributed by atoms with Crippen molar-refractivity contribution in [1.29, 1.82) is 0 Å². The molecule has 1 fully saturated rings. The Morgan fingerprint density at radius 1 is 1.15 bits per heavy atom. The third kappa shape index (κ3) is 4.12. The van der Waals surface area contributed by atoms with Crippen molar-refractivity contribution in [3.8, 4) is 0 Å². The lowest BCUT2D eigenvalue weighted by atomic mass is 10.2. The average molecular weight is 377 g/mol. The van der Waals surface area contributed by atoms with E-state index in [9.17, 15) is 18.0 Å². The van der Waals surface area contributed by atoms with E-state index in [1.165, 1.54) is 10.6 Å². The standard InChI is InChI=1S/C17H19N3O5S/c1-26(23,24)20-9-3-7-14(20)16(21)18-12-5-2-6-13(11-12)19-17(22)15-8-4-10-25-15/h2,4-6,8,10-11,14H,3,7,9H2,1H3,(H,18,21)(H,19,22). The van der Waals surface area contributed by atoms with Crippen molar-refractivity contribution in [3.05, 3.63) is 48.4 Å². The van der Waals surface area contributed by atoms with Gasteiger partial charge in [0.25, 0.3) is 5.91 Å². The zero-order valence-corrected chi connectivity index (χ0v) is 15.0. The molecule has 0 spiro atoms. The van der Waals surface area contributed by atoms with Gasteiger partial charge in [-0.15, -0.1) is 0 Å². The van der Waals surface area contributed by atoms with Gasteiger partial charge < -0.3 is 15.1 Å². The number of nitrogens with zero attached hydrogens (tertiary/aromatic N) is 1. The van der Waals surface area contributed by atoms with Gasteiger partial charge in [-0.25, -0.2) is 8.42 Å². The molecule has 1 unspecified atom stereocenters. The molecule has 3 rings (SSSR count). The molecule has 1 atom stereocenters. The van der Waals surface area contributed by atoms with Crippen molar-refractivity contribution in [3.63, 3.8) is 0 Å². The Bertz CT molecular complexity index is 908. The highest BCUT2D eigenvalue weighted by Crippen LogP contribution is 2.23. The zero-order valence-electron chi connectivity index (χ0n) is 14.1. The SMILES string of the molecule is CS(=O)(=O)N1CCCC1C(=O)Nc1cccc(NC(=O)c2ccco2)c1. The monoisotopic (exact) mass is 377 g/mol. The summed E-state index contributed by atoms with van der Waals surface area (Å²) in [5.41, 5.74) is 0.947. The highest BCUT2D eigenvalue weighted by Gasteiger charge is 2.36. The Balaban J connectivity index is 1.68. The zero-order chi connectivity index (χ0) is 18.7. The van der Waals surface area contributed by atoms with Gasteiger partial charge in [0.2, 0.25) is 15.9 Å². The fourth-order valence-electron chi connectivity index (χ4n) is 2.90. The van der Waals surface area contributed by atoms with Crippen molar-refractivity contribution < 1.29 is 22.4 Å². The van der Waals surface area contributed by atoms with Crippen LogP contribution in [0.3, 0.4) is 0 Å². The number of sulfonamides is 1. The van der Waals surface area contributed by atoms with E-state index >= 15 is 0 Å². The van der Waals surface area contributed by atoms with Gasteiger partial charge in [-0.3, -0.25) is 9.59 Å². The summed E-state index contributed by atoms with van der Waals surface area (Å²) >= 11 is 0. The Morgan fingerprint density at radius 3 is 2.54 bits per heavy atom. The van der Waals surface area contributed by atoms with Gasteiger partial charge in [-0.1, -0.05) is 6.07 Å². The van der Waals surface area contributed by atoms with Crippen molar-refractivity contribution in [2.75, 3.05) is 23.4 Å². The summed E-state index contributed by atoms with van der Waals surface area (Å²) in [7, 11) is -3.43. The lowest BCUT2D eigenvalue weighted by molar-refractivity contribution is -0.119. The summed E-state index contributed by atoms with van der Waals surface area (Å²) in [4.78, 5) is 24.5. The van der Waals surface area contributed by atoms with Gasteiger partial charge in [-0.2, -0.15) is 4.31 Å². The molecular weight excluding hydrogens is 358 g/mol. The molecule has 1 aromatic heterocycles. The fourth-order valence-corrected chi connectivity index (χ4v) is 4.02. The molecule has 1 aliphatic rings. The normalized spacial score (nSPS) is 17.8. The van der Waals surface area contributed by atoms with Crippen LogP contribution in [0.1, 0.15) is 23.4 Å². The first kappa shape index (κ1) is 18.2. The molecule has 0 saturated carbocycles. The quantitative estimate of drug-likeness (QED) is 0.827. The first-order valence-electron chi connectivity index (χ1n) is 8.07. The van der Waals surface area contributed by atoms with E-state index < -0.39 is 22.0 Å². The van der Waals surface area contributed by atoms with Crippen LogP contribution in [0.5, 0.6) is 0 Å². The molecule has 8 nitrogen and oxygen atoms in total. The molecule has 1 saturated heterocycles. The second-order valence-electron chi connectivity index (χ2n) is 6.03. The number of rotatable bonds is 5. The van der Waals surface area contributed by atoms with Crippen molar-refractivity contribution in [1.82, 2.24) is 4.31 Å². The second kappa shape index (κ2) is 7.30. The third-order valence-electron chi connectivity index (χ3n) is 4.07. The molecule has 2 heterocycles. The summed E-state index contributed by atoms with van der Waals surface area (Å²) in [6.45, 7) is 0.343. The summed E-state index contributed by atoms with van der Waals surface area (Å²) in [6, 6.07) is 9.05. The van der Waals surface area contributed by atoms with Crippen molar-refractivity contribution in [2.24, 2.45) is 0 Å². The molecular formula is C17H19N3O5S. The van der Waals surface area contributed by atoms with Crippen LogP contribution in [-0.4, -0.2) is 43.4 Å². The van der Waals surface area contributed by atoms with Crippen LogP contribution in [-0.2, 0) is 14.8 Å². The summed E-state index contributed by atoms with van der Waals surface area (Å²) in [5.74, 6) is -0.617. The Labute approximate surface area is 151 Å². The van der Waals surface area contributed by atoms with E-state index in [0.29, 0.717) is 30.8 Å². The predicted molar refractivity (Wildman–Crippen MR) is 96.3 cm³/mol. The largest absolute Gasteiger partial charge is 0.459 e. The smallest absolute Gasteiger partial charge is 0.291 e. The molecule has 26 heavy (non-hydrogen) atoms. The Hall–Kier alpha value is -2.65. The number of anilines is 2. The number of carbonyl (C=O) groups excluding carboxylic acids is 2. The van der Waals surface area contributed by atoms with Crippen LogP contribution in [0, 0.1) is 0 Å². The Kier molecular flexibility index (Phi) is 5.10. The number of benzene rings is 1. The van der Waals surface area contributed by atoms with Crippen LogP contribution >= 0.6 is 0 Å². The van der Waals surface area contributed by atoms with Gasteiger partial charge >= 0.3 is 0 Å². The molecule has 0 aliphatic carbocycles. The maximum atomic E-state index is 12.5. The van der Waals surface area contributed by atoms with Crippen molar-refractivity contribution in [2.45, 2.75) is 18.9 Å². The first-order valence-corrected chi connectivity index (χ1v) is 9.92. The number of nitrogens with one attached hydrogen (secondary N) is 2. The Morgan fingerprint density at radius 2 is 1.88 bits per heavy atom. The fraction of sp³-hybridized carbons (Fsp3) is 0.294. The highest BCUT2D eigenvalue weighted by molar-refractivity contribution is 7.88. The number of hydrogen-bond acceptors (Lipinski definition) is 5. The first-order chi connectivity index (χ1) is 12.3. The van der Waals surface area contributed by atoms with Crippen LogP contribution in [0.4, 0.5) is 11.4 Å². The number of hydrogen-bond donors (Lipinski definition) is 2. The molecule has 138 valence electrons. The molecule has 0 bridgehead atoms. The number of furan rings is 1. The van der Waals surface area contributed by atoms with Gasteiger partial charge in [-0.05, 0) is 43.2 Å². The van der Waals surface area contributed by atoms with E-state index in [0.717, 1.165) is 6.26 Å². The minimum atomic E-state index is -3.43. The minimum Gasteiger partial charge on any atom is -0.459 e. The van der Waals surface area contributed by atoms with Crippen molar-refractivity contribution >= 4 is 33.2 Å². The number of carbonyl (C=O) groups is 2. The molecule has 1 aliphatic heterocycles. The van der Waals surface area contributed by atoms with E-state index in [-0.39, 0.29) is 11.7 Å². The highest BCUT2D eigenvalue weighted by atomic mass is 32.2. The van der Waals surface area contributed by atoms with Crippen LogP contribution in [0.2, 0.25) is 0 Å². The van der Waals surface area contributed by atoms with Gasteiger partial charge in [0.15, 0.2) is 5.76 Å². The average Bonchev–Trinajstić information content (AvgIpc) is 3.26. The minimum absolute atomic E-state index is 0.175. The lowest BCUT2D eigenvalue weighted by Gasteiger charge is -2.21. The van der Waals surface area contributed by atoms with Gasteiger partial charge in [0, 0.05) is 17.9 Å². The van der Waals surface area contributed by atoms with E-state index in [1.807, 2.05) is 0 Å². The molecule has 2 aromatic rings. The van der Waals surface area contributed by atoms with Crippen LogP contribution in [0.25, 0.3) is 0 Å².